The fourth-order valence-corrected chi connectivity index (χ4v) is 13.1. The van der Waals surface area contributed by atoms with Crippen LogP contribution in [0.1, 0.15) is 111 Å². The van der Waals surface area contributed by atoms with E-state index in [1.807, 2.05) is 6.07 Å². The summed E-state index contributed by atoms with van der Waals surface area (Å²) in [5.74, 6) is 2.33. The van der Waals surface area contributed by atoms with E-state index in [1.165, 1.54) is 30.5 Å². The minimum absolute atomic E-state index is 0.00384. The Morgan fingerprint density at radius 1 is 0.950 bits per heavy atom. The van der Waals surface area contributed by atoms with Gasteiger partial charge in [0.1, 0.15) is 5.82 Å². The SMILES string of the molecule is CC(C)C1CC[C@]2(C(=O)O)CC[C@]3(C)C(CCC4[C@@]5(C)Cc6c([nH]c7ccc(F)cc67)C(C)(C)C5CC[C@]43C)C12. The number of fused-ring (bicyclic) bond motifs is 10. The minimum atomic E-state index is -0.515. The Bertz CT molecular complexity index is 1390. The van der Waals surface area contributed by atoms with E-state index in [1.54, 1.807) is 12.1 Å². The molecule has 0 aliphatic heterocycles. The van der Waals surface area contributed by atoms with Gasteiger partial charge in [0.2, 0.25) is 0 Å². The van der Waals surface area contributed by atoms with Crippen LogP contribution in [0.25, 0.3) is 10.9 Å². The van der Waals surface area contributed by atoms with E-state index in [4.69, 9.17) is 0 Å². The van der Waals surface area contributed by atoms with Crippen LogP contribution in [0.3, 0.4) is 0 Å². The van der Waals surface area contributed by atoms with E-state index in [-0.39, 0.29) is 27.5 Å². The van der Waals surface area contributed by atoms with Crippen molar-refractivity contribution in [2.75, 3.05) is 0 Å². The lowest BCUT2D eigenvalue weighted by Crippen LogP contribution is -2.67. The fourth-order valence-electron chi connectivity index (χ4n) is 13.1. The van der Waals surface area contributed by atoms with Crippen LogP contribution in [0, 0.1) is 63.0 Å². The zero-order chi connectivity index (χ0) is 28.6. The van der Waals surface area contributed by atoms with Gasteiger partial charge in [0, 0.05) is 22.0 Å². The molecular formula is C36H50FNO2. The highest BCUT2D eigenvalue weighted by Gasteiger charge is 2.72. The monoisotopic (exact) mass is 547 g/mol. The zero-order valence-electron chi connectivity index (χ0n) is 25.8. The number of halogens is 1. The number of carbonyl (C=O) groups is 1. The summed E-state index contributed by atoms with van der Waals surface area (Å²) in [5.41, 5.74) is 3.69. The summed E-state index contributed by atoms with van der Waals surface area (Å²) in [6, 6.07) is 5.26. The lowest BCUT2D eigenvalue weighted by molar-refractivity contribution is -0.230. The molecule has 1 heterocycles. The highest BCUT2D eigenvalue weighted by atomic mass is 19.1. The highest BCUT2D eigenvalue weighted by molar-refractivity contribution is 5.85. The van der Waals surface area contributed by atoms with Crippen molar-refractivity contribution in [3.8, 4) is 0 Å². The molecule has 4 fully saturated rings. The molecule has 0 spiro atoms. The number of hydrogen-bond donors (Lipinski definition) is 2. The summed E-state index contributed by atoms with van der Waals surface area (Å²) in [5, 5.41) is 11.7. The van der Waals surface area contributed by atoms with Gasteiger partial charge in [-0.3, -0.25) is 4.79 Å². The smallest absolute Gasteiger partial charge is 0.309 e. The van der Waals surface area contributed by atoms with Crippen LogP contribution in [0.15, 0.2) is 18.2 Å². The minimum Gasteiger partial charge on any atom is -0.481 e. The quantitative estimate of drug-likeness (QED) is 0.394. The Kier molecular flexibility index (Phi) is 5.51. The van der Waals surface area contributed by atoms with Gasteiger partial charge in [-0.2, -0.15) is 0 Å². The molecule has 218 valence electrons. The van der Waals surface area contributed by atoms with Crippen molar-refractivity contribution >= 4 is 16.9 Å². The van der Waals surface area contributed by atoms with E-state index >= 15 is 0 Å². The van der Waals surface area contributed by atoms with Crippen molar-refractivity contribution in [2.45, 2.75) is 112 Å². The summed E-state index contributed by atoms with van der Waals surface area (Å²) in [4.78, 5) is 16.7. The van der Waals surface area contributed by atoms with Gasteiger partial charge in [0.15, 0.2) is 0 Å². The second kappa shape index (κ2) is 8.16. The Labute approximate surface area is 240 Å². The lowest BCUT2D eigenvalue weighted by Gasteiger charge is -2.72. The van der Waals surface area contributed by atoms with Crippen molar-refractivity contribution in [3.63, 3.8) is 0 Å². The van der Waals surface area contributed by atoms with E-state index in [0.717, 1.165) is 49.4 Å². The third-order valence-corrected chi connectivity index (χ3v) is 15.0. The number of benzene rings is 1. The van der Waals surface area contributed by atoms with E-state index in [0.29, 0.717) is 35.5 Å². The first kappa shape index (κ1) is 27.0. The number of carboxylic acids is 1. The van der Waals surface area contributed by atoms with Crippen LogP contribution < -0.4 is 0 Å². The first-order valence-corrected chi connectivity index (χ1v) is 16.2. The van der Waals surface area contributed by atoms with Crippen LogP contribution >= 0.6 is 0 Å². The van der Waals surface area contributed by atoms with Crippen molar-refractivity contribution in [2.24, 2.45) is 57.2 Å². The maximum atomic E-state index is 14.5. The number of carboxylic acid groups (broad SMARTS) is 1. The molecule has 5 unspecified atom stereocenters. The number of aromatic amines is 1. The Hall–Kier alpha value is -1.84. The Morgan fingerprint density at radius 2 is 1.70 bits per heavy atom. The number of nitrogens with one attached hydrogen (secondary N) is 1. The predicted molar refractivity (Wildman–Crippen MR) is 159 cm³/mol. The first-order valence-electron chi connectivity index (χ1n) is 16.2. The molecule has 0 saturated heterocycles. The van der Waals surface area contributed by atoms with Gasteiger partial charge in [-0.05, 0) is 133 Å². The Balaban J connectivity index is 1.33. The van der Waals surface area contributed by atoms with Crippen molar-refractivity contribution in [3.05, 3.63) is 35.3 Å². The fraction of sp³-hybridized carbons (Fsp3) is 0.750. The lowest BCUT2D eigenvalue weighted by atomic mass is 9.32. The number of aromatic nitrogens is 1. The molecule has 3 nitrogen and oxygen atoms in total. The molecule has 1 aromatic carbocycles. The summed E-state index contributed by atoms with van der Waals surface area (Å²) in [7, 11) is 0. The molecule has 2 N–H and O–H groups in total. The molecule has 0 bridgehead atoms. The number of rotatable bonds is 2. The van der Waals surface area contributed by atoms with Gasteiger partial charge < -0.3 is 10.1 Å². The van der Waals surface area contributed by atoms with Gasteiger partial charge in [-0.1, -0.05) is 48.5 Å². The molecule has 7 rings (SSSR count). The van der Waals surface area contributed by atoms with Crippen LogP contribution in [-0.4, -0.2) is 16.1 Å². The third kappa shape index (κ3) is 3.05. The maximum Gasteiger partial charge on any atom is 0.309 e. The van der Waals surface area contributed by atoms with E-state index in [2.05, 4.69) is 53.5 Å². The number of hydrogen-bond acceptors (Lipinski definition) is 1. The molecule has 9 atom stereocenters. The molecule has 0 amide bonds. The van der Waals surface area contributed by atoms with Gasteiger partial charge in [0.05, 0.1) is 5.41 Å². The molecular weight excluding hydrogens is 497 g/mol. The van der Waals surface area contributed by atoms with Gasteiger partial charge in [-0.25, -0.2) is 4.39 Å². The maximum absolute atomic E-state index is 14.5. The van der Waals surface area contributed by atoms with E-state index < -0.39 is 11.4 Å². The van der Waals surface area contributed by atoms with E-state index in [9.17, 15) is 14.3 Å². The van der Waals surface area contributed by atoms with Crippen molar-refractivity contribution in [1.82, 2.24) is 4.98 Å². The molecule has 40 heavy (non-hydrogen) atoms. The van der Waals surface area contributed by atoms with Crippen molar-refractivity contribution < 1.29 is 14.3 Å². The number of H-pyrrole nitrogens is 1. The second-order valence-electron chi connectivity index (χ2n) is 16.7. The molecule has 5 aliphatic rings. The molecule has 2 aromatic rings. The van der Waals surface area contributed by atoms with Crippen LogP contribution in [0.2, 0.25) is 0 Å². The average Bonchev–Trinajstić information content (AvgIpc) is 3.44. The molecule has 4 heteroatoms. The molecule has 0 radical (unpaired) electrons. The van der Waals surface area contributed by atoms with Crippen LogP contribution in [0.4, 0.5) is 4.39 Å². The topological polar surface area (TPSA) is 53.1 Å². The summed E-state index contributed by atoms with van der Waals surface area (Å²) in [6.45, 7) is 17.3. The van der Waals surface area contributed by atoms with Gasteiger partial charge in [0.25, 0.3) is 0 Å². The summed E-state index contributed by atoms with van der Waals surface area (Å²) < 4.78 is 14.5. The highest BCUT2D eigenvalue weighted by Crippen LogP contribution is 2.77. The van der Waals surface area contributed by atoms with Gasteiger partial charge >= 0.3 is 5.97 Å². The predicted octanol–water partition coefficient (Wildman–Crippen LogP) is 9.14. The standard InChI is InChI=1S/C36H50FNO2/c1-20(2)22-12-15-36(31(39)40)17-16-34(6)25(29(22)36)9-11-28-33(5)19-24-23-18-21(37)8-10-26(23)38-30(24)32(3,4)27(33)13-14-35(28,34)7/h8,10,18,20,22,25,27-29,38H,9,11-17,19H2,1-7H3,(H,39,40)/t22?,25?,27?,28?,29?,33-,34+,35+,36-/m0/s1. The largest absolute Gasteiger partial charge is 0.481 e. The Morgan fingerprint density at radius 3 is 2.40 bits per heavy atom. The molecule has 1 aromatic heterocycles. The van der Waals surface area contributed by atoms with Crippen molar-refractivity contribution in [1.29, 1.82) is 0 Å². The van der Waals surface area contributed by atoms with Gasteiger partial charge in [-0.15, -0.1) is 0 Å². The first-order chi connectivity index (χ1) is 18.7. The molecule has 4 saturated carbocycles. The van der Waals surface area contributed by atoms with Crippen LogP contribution in [-0.2, 0) is 16.6 Å². The zero-order valence-corrected chi connectivity index (χ0v) is 25.8. The summed E-state index contributed by atoms with van der Waals surface area (Å²) >= 11 is 0. The van der Waals surface area contributed by atoms with Crippen LogP contribution in [0.5, 0.6) is 0 Å². The second-order valence-corrected chi connectivity index (χ2v) is 16.7. The number of aliphatic carboxylic acids is 1. The average molecular weight is 548 g/mol. The molecule has 5 aliphatic carbocycles. The summed E-state index contributed by atoms with van der Waals surface area (Å²) in [6.07, 6.45) is 9.67. The normalized spacial score (nSPS) is 45.4. The third-order valence-electron chi connectivity index (χ3n) is 15.0.